The molecular formula is C12H13ClO. The molecule has 0 saturated heterocycles. The summed E-state index contributed by atoms with van der Waals surface area (Å²) in [5.41, 5.74) is 2.73. The number of benzene rings is 1. The van der Waals surface area contributed by atoms with E-state index in [0.717, 1.165) is 16.7 Å². The van der Waals surface area contributed by atoms with Crippen LogP contribution in [0.2, 0.25) is 5.02 Å². The first-order chi connectivity index (χ1) is 6.50. The molecular weight excluding hydrogens is 196 g/mol. The smallest absolute Gasteiger partial charge is 0.155 e. The Balaban J connectivity index is 3.09. The first-order valence-electron chi connectivity index (χ1n) is 4.46. The zero-order valence-corrected chi connectivity index (χ0v) is 9.35. The largest absolute Gasteiger partial charge is 0.295 e. The standard InChI is InChI=1S/C12H13ClO/c1-8-4-5-11(12(13)6-8)7-9(2)10(3)14/h4-7H,1-3H3/b9-7+. The highest BCUT2D eigenvalue weighted by Gasteiger charge is 2.00. The van der Waals surface area contributed by atoms with E-state index in [-0.39, 0.29) is 5.78 Å². The monoisotopic (exact) mass is 208 g/mol. The van der Waals surface area contributed by atoms with E-state index in [1.807, 2.05) is 31.2 Å². The number of aryl methyl sites for hydroxylation is 1. The van der Waals surface area contributed by atoms with E-state index in [1.165, 1.54) is 0 Å². The normalized spacial score (nSPS) is 11.6. The fraction of sp³-hybridized carbons (Fsp3) is 0.250. The molecule has 74 valence electrons. The molecule has 0 aliphatic carbocycles. The van der Waals surface area contributed by atoms with Gasteiger partial charge < -0.3 is 0 Å². The van der Waals surface area contributed by atoms with Gasteiger partial charge in [0.25, 0.3) is 0 Å². The van der Waals surface area contributed by atoms with Crippen LogP contribution in [-0.4, -0.2) is 5.78 Å². The number of Topliss-reactive ketones (excluding diaryl/α,β-unsaturated/α-hetero) is 1. The lowest BCUT2D eigenvalue weighted by Gasteiger charge is -2.01. The van der Waals surface area contributed by atoms with Gasteiger partial charge in [0.1, 0.15) is 0 Å². The summed E-state index contributed by atoms with van der Waals surface area (Å²) in [4.78, 5) is 11.0. The zero-order chi connectivity index (χ0) is 10.7. The van der Waals surface area contributed by atoms with Gasteiger partial charge >= 0.3 is 0 Å². The fourth-order valence-electron chi connectivity index (χ4n) is 1.08. The Morgan fingerprint density at radius 2 is 2.00 bits per heavy atom. The van der Waals surface area contributed by atoms with E-state index in [9.17, 15) is 4.79 Å². The van der Waals surface area contributed by atoms with Gasteiger partial charge in [0.15, 0.2) is 5.78 Å². The average molecular weight is 209 g/mol. The van der Waals surface area contributed by atoms with Crippen molar-refractivity contribution < 1.29 is 4.79 Å². The minimum atomic E-state index is 0.0710. The molecule has 0 amide bonds. The number of hydrogen-bond acceptors (Lipinski definition) is 1. The topological polar surface area (TPSA) is 17.1 Å². The van der Waals surface area contributed by atoms with Crippen molar-refractivity contribution in [2.24, 2.45) is 0 Å². The Kier molecular flexibility index (Phi) is 3.48. The fourth-order valence-corrected chi connectivity index (χ4v) is 1.37. The number of hydrogen-bond donors (Lipinski definition) is 0. The highest BCUT2D eigenvalue weighted by molar-refractivity contribution is 6.32. The van der Waals surface area contributed by atoms with Crippen LogP contribution < -0.4 is 0 Å². The van der Waals surface area contributed by atoms with Gasteiger partial charge in [0, 0.05) is 5.02 Å². The molecule has 0 bridgehead atoms. The molecule has 14 heavy (non-hydrogen) atoms. The van der Waals surface area contributed by atoms with Crippen LogP contribution in [-0.2, 0) is 4.79 Å². The maximum absolute atomic E-state index is 11.0. The van der Waals surface area contributed by atoms with Crippen LogP contribution in [0.5, 0.6) is 0 Å². The highest BCUT2D eigenvalue weighted by Crippen LogP contribution is 2.20. The van der Waals surface area contributed by atoms with Gasteiger partial charge in [-0.15, -0.1) is 0 Å². The van der Waals surface area contributed by atoms with Crippen LogP contribution in [0.1, 0.15) is 25.0 Å². The lowest BCUT2D eigenvalue weighted by Crippen LogP contribution is -1.91. The van der Waals surface area contributed by atoms with E-state index >= 15 is 0 Å². The molecule has 0 radical (unpaired) electrons. The van der Waals surface area contributed by atoms with Crippen LogP contribution in [0.4, 0.5) is 0 Å². The Morgan fingerprint density at radius 3 is 2.50 bits per heavy atom. The molecule has 1 aromatic carbocycles. The maximum atomic E-state index is 11.0. The van der Waals surface area contributed by atoms with E-state index < -0.39 is 0 Å². The summed E-state index contributed by atoms with van der Waals surface area (Å²) in [6.07, 6.45) is 1.81. The van der Waals surface area contributed by atoms with E-state index in [4.69, 9.17) is 11.6 Å². The minimum absolute atomic E-state index is 0.0710. The number of allylic oxidation sites excluding steroid dienone is 1. The predicted molar refractivity (Wildman–Crippen MR) is 60.5 cm³/mol. The lowest BCUT2D eigenvalue weighted by atomic mass is 10.1. The second-order valence-electron chi connectivity index (χ2n) is 3.41. The van der Waals surface area contributed by atoms with Crippen LogP contribution in [0.25, 0.3) is 6.08 Å². The summed E-state index contributed by atoms with van der Waals surface area (Å²) in [6.45, 7) is 5.32. The molecule has 0 aromatic heterocycles. The summed E-state index contributed by atoms with van der Waals surface area (Å²) in [6, 6.07) is 5.79. The van der Waals surface area contributed by atoms with Crippen molar-refractivity contribution >= 4 is 23.5 Å². The molecule has 0 saturated carbocycles. The molecule has 1 rings (SSSR count). The third kappa shape index (κ3) is 2.71. The molecule has 0 fully saturated rings. The average Bonchev–Trinajstić information content (AvgIpc) is 2.09. The molecule has 0 unspecified atom stereocenters. The van der Waals surface area contributed by atoms with Gasteiger partial charge in [0.2, 0.25) is 0 Å². The second-order valence-corrected chi connectivity index (χ2v) is 3.82. The Labute approximate surface area is 89.4 Å². The van der Waals surface area contributed by atoms with E-state index in [0.29, 0.717) is 5.02 Å². The summed E-state index contributed by atoms with van der Waals surface area (Å²) in [5.74, 6) is 0.0710. The van der Waals surface area contributed by atoms with Crippen LogP contribution in [0, 0.1) is 6.92 Å². The van der Waals surface area contributed by atoms with Gasteiger partial charge in [-0.3, -0.25) is 4.79 Å². The third-order valence-electron chi connectivity index (χ3n) is 2.08. The molecule has 0 spiro atoms. The number of halogens is 1. The van der Waals surface area contributed by atoms with Gasteiger partial charge in [-0.25, -0.2) is 0 Å². The second kappa shape index (κ2) is 4.43. The molecule has 1 aromatic rings. The molecule has 0 heterocycles. The zero-order valence-electron chi connectivity index (χ0n) is 8.60. The van der Waals surface area contributed by atoms with Crippen molar-refractivity contribution in [2.75, 3.05) is 0 Å². The highest BCUT2D eigenvalue weighted by atomic mass is 35.5. The van der Waals surface area contributed by atoms with Gasteiger partial charge in [0.05, 0.1) is 0 Å². The van der Waals surface area contributed by atoms with Crippen molar-refractivity contribution in [3.63, 3.8) is 0 Å². The number of carbonyl (C=O) groups excluding carboxylic acids is 1. The van der Waals surface area contributed by atoms with Gasteiger partial charge in [-0.2, -0.15) is 0 Å². The van der Waals surface area contributed by atoms with E-state index in [1.54, 1.807) is 13.8 Å². The van der Waals surface area contributed by atoms with E-state index in [2.05, 4.69) is 0 Å². The summed E-state index contributed by atoms with van der Waals surface area (Å²) < 4.78 is 0. The molecule has 0 aliphatic rings. The van der Waals surface area contributed by atoms with Crippen molar-refractivity contribution in [1.29, 1.82) is 0 Å². The Bertz CT molecular complexity index is 391. The summed E-state index contributed by atoms with van der Waals surface area (Å²) in [5, 5.41) is 0.686. The van der Waals surface area contributed by atoms with Crippen molar-refractivity contribution in [3.8, 4) is 0 Å². The Morgan fingerprint density at radius 1 is 1.36 bits per heavy atom. The molecule has 0 N–H and O–H groups in total. The van der Waals surface area contributed by atoms with Crippen molar-refractivity contribution in [1.82, 2.24) is 0 Å². The predicted octanol–water partition coefficient (Wildman–Crippen LogP) is 3.64. The van der Waals surface area contributed by atoms with Crippen LogP contribution >= 0.6 is 11.6 Å². The molecule has 2 heteroatoms. The van der Waals surface area contributed by atoms with Crippen LogP contribution in [0.3, 0.4) is 0 Å². The maximum Gasteiger partial charge on any atom is 0.155 e. The van der Waals surface area contributed by atoms with Gasteiger partial charge in [-0.1, -0.05) is 23.7 Å². The first-order valence-corrected chi connectivity index (χ1v) is 4.84. The molecule has 1 nitrogen and oxygen atoms in total. The Hall–Kier alpha value is -1.08. The molecule has 0 atom stereocenters. The number of carbonyl (C=O) groups is 1. The van der Waals surface area contributed by atoms with Crippen molar-refractivity contribution in [3.05, 3.63) is 39.9 Å². The van der Waals surface area contributed by atoms with Crippen molar-refractivity contribution in [2.45, 2.75) is 20.8 Å². The summed E-state index contributed by atoms with van der Waals surface area (Å²) >= 11 is 6.02. The number of ketones is 1. The molecule has 0 aliphatic heterocycles. The summed E-state index contributed by atoms with van der Waals surface area (Å²) in [7, 11) is 0. The quantitative estimate of drug-likeness (QED) is 0.679. The minimum Gasteiger partial charge on any atom is -0.295 e. The third-order valence-corrected chi connectivity index (χ3v) is 2.41. The first kappa shape index (κ1) is 11.0. The van der Waals surface area contributed by atoms with Crippen LogP contribution in [0.15, 0.2) is 23.8 Å². The van der Waals surface area contributed by atoms with Gasteiger partial charge in [-0.05, 0) is 49.6 Å². The SMILES string of the molecule is CC(=O)/C(C)=C/c1ccc(C)cc1Cl. The lowest BCUT2D eigenvalue weighted by molar-refractivity contribution is -0.113. The number of rotatable bonds is 2.